The van der Waals surface area contributed by atoms with Crippen molar-refractivity contribution in [2.75, 3.05) is 6.61 Å². The lowest BCUT2D eigenvalue weighted by Crippen LogP contribution is -2.74. The number of ketones is 1. The summed E-state index contributed by atoms with van der Waals surface area (Å²) in [6, 6.07) is 0. The van der Waals surface area contributed by atoms with Gasteiger partial charge in [-0.2, -0.15) is 0 Å². The predicted molar refractivity (Wildman–Crippen MR) is 115 cm³/mol. The standard InChI is InChI=1S/C25H38O6/c1-12-9-17-23(7,11-30-17)20-14(3)25(29)10-16(27)13(2)18(22(25,5)6)19(31-15(4)26)21(28)24(12,20)8/h12,14,16-17,19-20,27,29H,9-11H2,1-8H3/t12-,14-,16-,17+,19+,20+,23+,24+,25+/m0/s1. The summed E-state index contributed by atoms with van der Waals surface area (Å²) in [5.74, 6) is -1.10. The molecule has 4 aliphatic rings. The molecule has 2 bridgehead atoms. The molecule has 0 aromatic heterocycles. The second kappa shape index (κ2) is 6.64. The number of Topliss-reactive ketones (excluding diaryl/α,β-unsaturated/α-hetero) is 1. The van der Waals surface area contributed by atoms with Crippen molar-refractivity contribution in [3.63, 3.8) is 0 Å². The number of aliphatic hydroxyl groups is 2. The number of aliphatic hydroxyl groups excluding tert-OH is 1. The molecule has 9 atom stereocenters. The van der Waals surface area contributed by atoms with E-state index in [0.717, 1.165) is 6.42 Å². The second-order valence-corrected chi connectivity index (χ2v) is 11.7. The minimum absolute atomic E-state index is 0.000233. The molecule has 1 saturated heterocycles. The largest absolute Gasteiger partial charge is 0.450 e. The predicted octanol–water partition coefficient (Wildman–Crippen LogP) is 3.04. The van der Waals surface area contributed by atoms with Crippen LogP contribution >= 0.6 is 0 Å². The molecule has 6 heteroatoms. The Hall–Kier alpha value is -1.24. The van der Waals surface area contributed by atoms with Crippen LogP contribution in [0.2, 0.25) is 0 Å². The summed E-state index contributed by atoms with van der Waals surface area (Å²) in [6.45, 7) is 15.8. The van der Waals surface area contributed by atoms with E-state index in [1.54, 1.807) is 6.92 Å². The van der Waals surface area contributed by atoms with Gasteiger partial charge in [-0.05, 0) is 42.2 Å². The van der Waals surface area contributed by atoms with Gasteiger partial charge in [0.2, 0.25) is 0 Å². The molecule has 3 fully saturated rings. The van der Waals surface area contributed by atoms with Gasteiger partial charge in [-0.25, -0.2) is 0 Å². The third kappa shape index (κ3) is 2.61. The lowest BCUT2D eigenvalue weighted by molar-refractivity contribution is -0.293. The average Bonchev–Trinajstić information content (AvgIpc) is 2.66. The Morgan fingerprint density at radius 1 is 1.19 bits per heavy atom. The third-order valence-electron chi connectivity index (χ3n) is 10.0. The molecule has 0 aromatic rings. The molecule has 0 aromatic carbocycles. The summed E-state index contributed by atoms with van der Waals surface area (Å²) in [5.41, 5.74) is -2.00. The topological polar surface area (TPSA) is 93.1 Å². The van der Waals surface area contributed by atoms with E-state index in [1.807, 2.05) is 27.7 Å². The van der Waals surface area contributed by atoms with Crippen molar-refractivity contribution < 1.29 is 29.3 Å². The summed E-state index contributed by atoms with van der Waals surface area (Å²) in [6.07, 6.45) is -1.01. The van der Waals surface area contributed by atoms with Gasteiger partial charge in [0.15, 0.2) is 11.9 Å². The summed E-state index contributed by atoms with van der Waals surface area (Å²) in [4.78, 5) is 26.5. The Morgan fingerprint density at radius 3 is 2.32 bits per heavy atom. The number of fused-ring (bicyclic) bond motifs is 5. The van der Waals surface area contributed by atoms with Crippen molar-refractivity contribution in [1.82, 2.24) is 0 Å². The summed E-state index contributed by atoms with van der Waals surface area (Å²) in [5, 5.41) is 23.3. The Morgan fingerprint density at radius 2 is 1.81 bits per heavy atom. The summed E-state index contributed by atoms with van der Waals surface area (Å²) < 4.78 is 11.7. The molecule has 0 spiro atoms. The number of hydrogen-bond acceptors (Lipinski definition) is 6. The van der Waals surface area contributed by atoms with Crippen LogP contribution in [0.15, 0.2) is 11.1 Å². The molecule has 1 heterocycles. The van der Waals surface area contributed by atoms with Crippen LogP contribution in [0.5, 0.6) is 0 Å². The fourth-order valence-electron chi connectivity index (χ4n) is 8.00. The summed E-state index contributed by atoms with van der Waals surface area (Å²) in [7, 11) is 0. The van der Waals surface area contributed by atoms with E-state index in [4.69, 9.17) is 9.47 Å². The molecular weight excluding hydrogens is 396 g/mol. The number of hydrogen-bond donors (Lipinski definition) is 2. The minimum Gasteiger partial charge on any atom is -0.450 e. The number of rotatable bonds is 1. The maximum Gasteiger partial charge on any atom is 0.303 e. The van der Waals surface area contributed by atoms with Crippen molar-refractivity contribution in [2.45, 2.75) is 92.1 Å². The van der Waals surface area contributed by atoms with Gasteiger partial charge >= 0.3 is 5.97 Å². The van der Waals surface area contributed by atoms with E-state index in [0.29, 0.717) is 17.8 Å². The highest BCUT2D eigenvalue weighted by atomic mass is 16.5. The van der Waals surface area contributed by atoms with Gasteiger partial charge in [-0.3, -0.25) is 9.59 Å². The first-order valence-corrected chi connectivity index (χ1v) is 11.6. The van der Waals surface area contributed by atoms with E-state index >= 15 is 0 Å². The van der Waals surface area contributed by atoms with E-state index in [1.165, 1.54) is 6.92 Å². The Bertz CT molecular complexity index is 860. The molecule has 1 aliphatic heterocycles. The number of esters is 1. The smallest absolute Gasteiger partial charge is 0.303 e. The Kier molecular flexibility index (Phi) is 4.92. The monoisotopic (exact) mass is 434 g/mol. The van der Waals surface area contributed by atoms with Crippen LogP contribution in [0.25, 0.3) is 0 Å². The van der Waals surface area contributed by atoms with E-state index < -0.39 is 34.6 Å². The highest BCUT2D eigenvalue weighted by Gasteiger charge is 2.72. The van der Waals surface area contributed by atoms with E-state index in [2.05, 4.69) is 13.8 Å². The zero-order chi connectivity index (χ0) is 23.3. The van der Waals surface area contributed by atoms with Crippen LogP contribution in [0.4, 0.5) is 0 Å². The van der Waals surface area contributed by atoms with Gasteiger partial charge in [0.05, 0.1) is 24.4 Å². The van der Waals surface area contributed by atoms with Crippen molar-refractivity contribution in [2.24, 2.45) is 34.0 Å². The molecule has 6 nitrogen and oxygen atoms in total. The van der Waals surface area contributed by atoms with Gasteiger partial charge in [-0.15, -0.1) is 0 Å². The molecule has 2 saturated carbocycles. The highest BCUT2D eigenvalue weighted by Crippen LogP contribution is 2.68. The normalized spacial score (nSPS) is 51.1. The van der Waals surface area contributed by atoms with Crippen LogP contribution in [0.1, 0.15) is 68.2 Å². The van der Waals surface area contributed by atoms with Crippen molar-refractivity contribution >= 4 is 11.8 Å². The number of carbonyl (C=O) groups excluding carboxylic acids is 2. The molecule has 0 amide bonds. The van der Waals surface area contributed by atoms with E-state index in [-0.39, 0.29) is 41.5 Å². The molecule has 0 radical (unpaired) electrons. The van der Waals surface area contributed by atoms with Gasteiger partial charge < -0.3 is 19.7 Å². The Labute approximate surface area is 185 Å². The molecular formula is C25H38O6. The molecule has 0 unspecified atom stereocenters. The SMILES string of the molecule is CC(=O)O[C@H]1C(=O)[C@@]2(C)[C@H]([C@H](C)[C@]3(O)C[C@H](O)C(C)=C1C3(C)C)[C@]1(C)CO[C@@H]1C[C@@H]2C. The minimum atomic E-state index is -1.27. The lowest BCUT2D eigenvalue weighted by Gasteiger charge is -2.69. The van der Waals surface area contributed by atoms with Gasteiger partial charge in [0.1, 0.15) is 0 Å². The van der Waals surface area contributed by atoms with Crippen molar-refractivity contribution in [3.8, 4) is 0 Å². The number of ether oxygens (including phenoxy) is 2. The van der Waals surface area contributed by atoms with Gasteiger partial charge in [-0.1, -0.05) is 41.5 Å². The van der Waals surface area contributed by atoms with Gasteiger partial charge in [0, 0.05) is 29.6 Å². The van der Waals surface area contributed by atoms with E-state index in [9.17, 15) is 19.8 Å². The molecule has 3 aliphatic carbocycles. The van der Waals surface area contributed by atoms with Crippen LogP contribution in [-0.4, -0.2) is 52.5 Å². The lowest BCUT2D eigenvalue weighted by atomic mass is 9.39. The summed E-state index contributed by atoms with van der Waals surface area (Å²) >= 11 is 0. The first-order chi connectivity index (χ1) is 14.1. The number of carbonyl (C=O) groups is 2. The zero-order valence-electron chi connectivity index (χ0n) is 20.1. The van der Waals surface area contributed by atoms with Crippen molar-refractivity contribution in [1.29, 1.82) is 0 Å². The Balaban J connectivity index is 2.04. The first kappa shape index (κ1) is 22.9. The van der Waals surface area contributed by atoms with Crippen LogP contribution < -0.4 is 0 Å². The quantitative estimate of drug-likeness (QED) is 0.487. The maximum atomic E-state index is 14.4. The van der Waals surface area contributed by atoms with Crippen molar-refractivity contribution in [3.05, 3.63) is 11.1 Å². The van der Waals surface area contributed by atoms with Crippen LogP contribution in [-0.2, 0) is 19.1 Å². The maximum absolute atomic E-state index is 14.4. The highest BCUT2D eigenvalue weighted by molar-refractivity contribution is 5.94. The molecule has 4 rings (SSSR count). The average molecular weight is 435 g/mol. The molecule has 174 valence electrons. The first-order valence-electron chi connectivity index (χ1n) is 11.6. The zero-order valence-corrected chi connectivity index (χ0v) is 20.1. The van der Waals surface area contributed by atoms with Gasteiger partial charge in [0.25, 0.3) is 0 Å². The fraction of sp³-hybridized carbons (Fsp3) is 0.840. The fourth-order valence-corrected chi connectivity index (χ4v) is 8.00. The molecule has 31 heavy (non-hydrogen) atoms. The third-order valence-corrected chi connectivity index (χ3v) is 10.0. The molecule has 2 N–H and O–H groups in total. The second-order valence-electron chi connectivity index (χ2n) is 11.7. The van der Waals surface area contributed by atoms with Crippen LogP contribution in [0.3, 0.4) is 0 Å². The van der Waals surface area contributed by atoms with Crippen LogP contribution in [0, 0.1) is 34.0 Å².